The molecule has 0 aliphatic carbocycles. The summed E-state index contributed by atoms with van der Waals surface area (Å²) in [6, 6.07) is 4.34. The van der Waals surface area contributed by atoms with Gasteiger partial charge in [-0.25, -0.2) is 0 Å². The van der Waals surface area contributed by atoms with Gasteiger partial charge in [0.05, 0.1) is 7.11 Å². The zero-order valence-corrected chi connectivity index (χ0v) is 11.4. The van der Waals surface area contributed by atoms with Gasteiger partial charge >= 0.3 is 0 Å². The summed E-state index contributed by atoms with van der Waals surface area (Å²) in [5.74, 6) is 2.14. The minimum Gasteiger partial charge on any atom is -0.496 e. The lowest BCUT2D eigenvalue weighted by atomic mass is 10.1. The Kier molecular flexibility index (Phi) is 5.71. The molecule has 0 bridgehead atoms. The second-order valence-corrected chi connectivity index (χ2v) is 5.03. The highest BCUT2D eigenvalue weighted by Gasteiger charge is 2.04. The van der Waals surface area contributed by atoms with Crippen LogP contribution >= 0.6 is 11.8 Å². The molecule has 1 N–H and O–H groups in total. The van der Waals surface area contributed by atoms with Crippen molar-refractivity contribution in [1.82, 2.24) is 5.32 Å². The molecular formula is C13H21NOS. The Hall–Kier alpha value is -0.670. The molecule has 1 rings (SSSR count). The Morgan fingerprint density at radius 3 is 2.62 bits per heavy atom. The van der Waals surface area contributed by atoms with Crippen LogP contribution in [0.2, 0.25) is 0 Å². The average molecular weight is 239 g/mol. The number of ether oxygens (including phenoxy) is 1. The minimum absolute atomic E-state index is 0.983. The first-order valence-electron chi connectivity index (χ1n) is 5.61. The van der Waals surface area contributed by atoms with Gasteiger partial charge in [0.15, 0.2) is 0 Å². The van der Waals surface area contributed by atoms with Gasteiger partial charge in [-0.3, -0.25) is 0 Å². The number of hydrogen-bond donors (Lipinski definition) is 1. The van der Waals surface area contributed by atoms with Gasteiger partial charge in [0, 0.05) is 4.90 Å². The standard InChI is InChI=1S/C13H21NOS/c1-10-9-13(16-7-5-6-14-3)11(2)8-12(10)15-4/h8-9,14H,5-7H2,1-4H3. The fraction of sp³-hybridized carbons (Fsp3) is 0.538. The van der Waals surface area contributed by atoms with E-state index >= 15 is 0 Å². The molecule has 1 aromatic carbocycles. The molecule has 3 heteroatoms. The quantitative estimate of drug-likeness (QED) is 0.609. The van der Waals surface area contributed by atoms with Gasteiger partial charge in [-0.1, -0.05) is 0 Å². The van der Waals surface area contributed by atoms with E-state index in [1.807, 2.05) is 18.8 Å². The van der Waals surface area contributed by atoms with Gasteiger partial charge in [0.1, 0.15) is 5.75 Å². The molecule has 0 aliphatic heterocycles. The van der Waals surface area contributed by atoms with Crippen LogP contribution in [0.5, 0.6) is 5.75 Å². The van der Waals surface area contributed by atoms with Gasteiger partial charge in [-0.2, -0.15) is 0 Å². The summed E-state index contributed by atoms with van der Waals surface area (Å²) in [4.78, 5) is 1.37. The summed E-state index contributed by atoms with van der Waals surface area (Å²) in [6.45, 7) is 5.32. The third-order valence-corrected chi connectivity index (χ3v) is 3.76. The molecule has 0 atom stereocenters. The van der Waals surface area contributed by atoms with Gasteiger partial charge in [-0.15, -0.1) is 11.8 Å². The van der Waals surface area contributed by atoms with Gasteiger partial charge in [-0.05, 0) is 62.9 Å². The smallest absolute Gasteiger partial charge is 0.122 e. The first kappa shape index (κ1) is 13.4. The highest BCUT2D eigenvalue weighted by molar-refractivity contribution is 7.99. The van der Waals surface area contributed by atoms with Crippen molar-refractivity contribution < 1.29 is 4.74 Å². The number of benzene rings is 1. The second-order valence-electron chi connectivity index (χ2n) is 3.89. The van der Waals surface area contributed by atoms with E-state index in [1.54, 1.807) is 7.11 Å². The molecule has 1 aromatic rings. The van der Waals surface area contributed by atoms with Crippen molar-refractivity contribution in [1.29, 1.82) is 0 Å². The second kappa shape index (κ2) is 6.81. The summed E-state index contributed by atoms with van der Waals surface area (Å²) in [7, 11) is 3.72. The summed E-state index contributed by atoms with van der Waals surface area (Å²) in [5, 5.41) is 3.16. The number of nitrogens with one attached hydrogen (secondary N) is 1. The molecule has 0 unspecified atom stereocenters. The lowest BCUT2D eigenvalue weighted by Crippen LogP contribution is -2.08. The molecule has 0 saturated heterocycles. The van der Waals surface area contributed by atoms with Crippen LogP contribution in [0, 0.1) is 13.8 Å². The first-order valence-corrected chi connectivity index (χ1v) is 6.60. The molecule has 0 radical (unpaired) electrons. The zero-order valence-electron chi connectivity index (χ0n) is 10.6. The van der Waals surface area contributed by atoms with E-state index in [-0.39, 0.29) is 0 Å². The van der Waals surface area contributed by atoms with Crippen molar-refractivity contribution in [2.45, 2.75) is 25.2 Å². The van der Waals surface area contributed by atoms with Gasteiger partial charge in [0.2, 0.25) is 0 Å². The first-order chi connectivity index (χ1) is 7.69. The van der Waals surface area contributed by atoms with E-state index in [0.717, 1.165) is 18.0 Å². The fourth-order valence-corrected chi connectivity index (χ4v) is 2.62. The van der Waals surface area contributed by atoms with Crippen molar-refractivity contribution in [3.8, 4) is 5.75 Å². The summed E-state index contributed by atoms with van der Waals surface area (Å²) in [6.07, 6.45) is 1.20. The molecule has 90 valence electrons. The number of thioether (sulfide) groups is 1. The average Bonchev–Trinajstić information content (AvgIpc) is 2.28. The normalized spacial score (nSPS) is 10.5. The monoisotopic (exact) mass is 239 g/mol. The molecule has 2 nitrogen and oxygen atoms in total. The Labute approximate surface area is 103 Å². The highest BCUT2D eigenvalue weighted by Crippen LogP contribution is 2.29. The highest BCUT2D eigenvalue weighted by atomic mass is 32.2. The molecule has 16 heavy (non-hydrogen) atoms. The van der Waals surface area contributed by atoms with Crippen LogP contribution in [-0.4, -0.2) is 26.5 Å². The number of rotatable bonds is 6. The Morgan fingerprint density at radius 1 is 1.25 bits per heavy atom. The predicted octanol–water partition coefficient (Wildman–Crippen LogP) is 3.01. The number of hydrogen-bond acceptors (Lipinski definition) is 3. The van der Waals surface area contributed by atoms with Gasteiger partial charge in [0.25, 0.3) is 0 Å². The molecule has 0 fully saturated rings. The molecule has 0 heterocycles. The van der Waals surface area contributed by atoms with E-state index < -0.39 is 0 Å². The van der Waals surface area contributed by atoms with Crippen molar-refractivity contribution in [2.24, 2.45) is 0 Å². The molecule has 0 aromatic heterocycles. The SMILES string of the molecule is CNCCCSc1cc(C)c(OC)cc1C. The van der Waals surface area contributed by atoms with Gasteiger partial charge < -0.3 is 10.1 Å². The van der Waals surface area contributed by atoms with E-state index in [4.69, 9.17) is 4.74 Å². The van der Waals surface area contributed by atoms with Crippen LogP contribution in [0.4, 0.5) is 0 Å². The van der Waals surface area contributed by atoms with Crippen LogP contribution < -0.4 is 10.1 Å². The fourth-order valence-electron chi connectivity index (χ4n) is 1.57. The number of aryl methyl sites for hydroxylation is 2. The summed E-state index contributed by atoms with van der Waals surface area (Å²) in [5.41, 5.74) is 2.51. The van der Waals surface area contributed by atoms with Crippen LogP contribution in [0.15, 0.2) is 17.0 Å². The third kappa shape index (κ3) is 3.72. The molecule has 0 spiro atoms. The largest absolute Gasteiger partial charge is 0.496 e. The van der Waals surface area contributed by atoms with Crippen molar-refractivity contribution in [2.75, 3.05) is 26.5 Å². The van der Waals surface area contributed by atoms with E-state index in [9.17, 15) is 0 Å². The number of methoxy groups -OCH3 is 1. The zero-order chi connectivity index (χ0) is 12.0. The molecule has 0 amide bonds. The molecule has 0 aliphatic rings. The van der Waals surface area contributed by atoms with E-state index in [1.165, 1.54) is 22.4 Å². The molecule has 0 saturated carbocycles. The Bertz CT molecular complexity index is 339. The predicted molar refractivity (Wildman–Crippen MR) is 71.7 cm³/mol. The Balaban J connectivity index is 2.63. The topological polar surface area (TPSA) is 21.3 Å². The maximum Gasteiger partial charge on any atom is 0.122 e. The van der Waals surface area contributed by atoms with E-state index in [2.05, 4.69) is 31.3 Å². The Morgan fingerprint density at radius 2 is 2.00 bits per heavy atom. The van der Waals surface area contributed by atoms with Crippen LogP contribution in [0.3, 0.4) is 0 Å². The van der Waals surface area contributed by atoms with Crippen molar-refractivity contribution >= 4 is 11.8 Å². The maximum atomic E-state index is 5.30. The van der Waals surface area contributed by atoms with Crippen molar-refractivity contribution in [3.05, 3.63) is 23.3 Å². The summed E-state index contributed by atoms with van der Waals surface area (Å²) < 4.78 is 5.30. The van der Waals surface area contributed by atoms with Crippen LogP contribution in [0.25, 0.3) is 0 Å². The minimum atomic E-state index is 0.983. The summed E-state index contributed by atoms with van der Waals surface area (Å²) >= 11 is 1.92. The lowest BCUT2D eigenvalue weighted by molar-refractivity contribution is 0.411. The van der Waals surface area contributed by atoms with Crippen molar-refractivity contribution in [3.63, 3.8) is 0 Å². The maximum absolute atomic E-state index is 5.30. The van der Waals surface area contributed by atoms with E-state index in [0.29, 0.717) is 0 Å². The van der Waals surface area contributed by atoms with Crippen LogP contribution in [0.1, 0.15) is 17.5 Å². The lowest BCUT2D eigenvalue weighted by Gasteiger charge is -2.10. The third-order valence-electron chi connectivity index (χ3n) is 2.52. The molecular weight excluding hydrogens is 218 g/mol. The van der Waals surface area contributed by atoms with Crippen LogP contribution in [-0.2, 0) is 0 Å².